The molecular weight excluding hydrogens is 456 g/mol. The van der Waals surface area contributed by atoms with Crippen molar-refractivity contribution in [2.75, 3.05) is 6.61 Å². The predicted molar refractivity (Wildman–Crippen MR) is 138 cm³/mol. The fraction of sp³-hybridized carbons (Fsp3) is 0.567. The van der Waals surface area contributed by atoms with Crippen molar-refractivity contribution in [3.63, 3.8) is 0 Å². The van der Waals surface area contributed by atoms with Gasteiger partial charge in [0.15, 0.2) is 0 Å². The molecule has 3 rings (SSSR count). The Morgan fingerprint density at radius 1 is 0.806 bits per heavy atom. The van der Waals surface area contributed by atoms with E-state index in [9.17, 15) is 14.4 Å². The second kappa shape index (κ2) is 14.6. The molecular formula is C30H40O6. The Morgan fingerprint density at radius 3 is 2.06 bits per heavy atom. The molecule has 1 aromatic rings. The third kappa shape index (κ3) is 9.29. The summed E-state index contributed by atoms with van der Waals surface area (Å²) in [6, 6.07) is 7.73. The Kier molecular flexibility index (Phi) is 11.2. The van der Waals surface area contributed by atoms with Crippen molar-refractivity contribution in [3.8, 4) is 5.75 Å². The van der Waals surface area contributed by atoms with E-state index in [-0.39, 0.29) is 29.7 Å². The monoisotopic (exact) mass is 496 g/mol. The highest BCUT2D eigenvalue weighted by Gasteiger charge is 2.32. The van der Waals surface area contributed by atoms with Crippen LogP contribution < -0.4 is 4.74 Å². The van der Waals surface area contributed by atoms with Gasteiger partial charge >= 0.3 is 17.9 Å². The van der Waals surface area contributed by atoms with Gasteiger partial charge in [-0.25, -0.2) is 0 Å². The van der Waals surface area contributed by atoms with Crippen LogP contribution in [-0.2, 0) is 30.3 Å². The van der Waals surface area contributed by atoms with Crippen molar-refractivity contribution in [2.24, 2.45) is 11.8 Å². The highest BCUT2D eigenvalue weighted by Crippen LogP contribution is 2.32. The minimum absolute atomic E-state index is 0.135. The SMILES string of the molecule is CCC(=O)OCCCCCCc1ccc(OC(=O)C2CCC(C(=O)OC3=CC=C(C)CC3)CC2)cc1. The highest BCUT2D eigenvalue weighted by molar-refractivity contribution is 5.77. The number of hydrogen-bond donors (Lipinski definition) is 0. The van der Waals surface area contributed by atoms with E-state index in [0.717, 1.165) is 50.7 Å². The fourth-order valence-electron chi connectivity index (χ4n) is 4.58. The Labute approximate surface area is 215 Å². The van der Waals surface area contributed by atoms with E-state index in [1.807, 2.05) is 36.4 Å². The summed E-state index contributed by atoms with van der Waals surface area (Å²) in [6.45, 7) is 4.38. The second-order valence-electron chi connectivity index (χ2n) is 9.92. The average Bonchev–Trinajstić information content (AvgIpc) is 2.90. The summed E-state index contributed by atoms with van der Waals surface area (Å²) >= 11 is 0. The van der Waals surface area contributed by atoms with E-state index < -0.39 is 0 Å². The molecule has 36 heavy (non-hydrogen) atoms. The number of esters is 3. The first-order chi connectivity index (χ1) is 17.4. The Morgan fingerprint density at radius 2 is 1.44 bits per heavy atom. The average molecular weight is 497 g/mol. The first-order valence-corrected chi connectivity index (χ1v) is 13.5. The van der Waals surface area contributed by atoms with Crippen LogP contribution in [0.1, 0.15) is 90.0 Å². The Hall–Kier alpha value is -2.89. The number of carbonyl (C=O) groups is 3. The molecule has 0 saturated heterocycles. The van der Waals surface area contributed by atoms with E-state index in [2.05, 4.69) is 6.92 Å². The predicted octanol–water partition coefficient (Wildman–Crippen LogP) is 6.62. The van der Waals surface area contributed by atoms with Crippen LogP contribution >= 0.6 is 0 Å². The number of hydrogen-bond acceptors (Lipinski definition) is 6. The lowest BCUT2D eigenvalue weighted by atomic mass is 9.82. The zero-order valence-corrected chi connectivity index (χ0v) is 21.8. The van der Waals surface area contributed by atoms with E-state index >= 15 is 0 Å². The third-order valence-electron chi connectivity index (χ3n) is 7.00. The zero-order chi connectivity index (χ0) is 25.8. The van der Waals surface area contributed by atoms with E-state index in [0.29, 0.717) is 44.5 Å². The molecule has 2 aliphatic rings. The maximum absolute atomic E-state index is 12.6. The molecule has 6 nitrogen and oxygen atoms in total. The molecule has 0 atom stereocenters. The minimum atomic E-state index is -0.214. The molecule has 1 saturated carbocycles. The van der Waals surface area contributed by atoms with E-state index in [1.165, 1.54) is 11.1 Å². The number of ether oxygens (including phenoxy) is 3. The smallest absolute Gasteiger partial charge is 0.314 e. The zero-order valence-electron chi connectivity index (χ0n) is 21.8. The maximum atomic E-state index is 12.6. The van der Waals surface area contributed by atoms with Crippen LogP contribution in [0.15, 0.2) is 47.7 Å². The van der Waals surface area contributed by atoms with E-state index in [4.69, 9.17) is 14.2 Å². The number of rotatable bonds is 12. The molecule has 2 aliphatic carbocycles. The van der Waals surface area contributed by atoms with Crippen LogP contribution in [0, 0.1) is 11.8 Å². The van der Waals surface area contributed by atoms with Gasteiger partial charge in [-0.15, -0.1) is 0 Å². The molecule has 6 heteroatoms. The quantitative estimate of drug-likeness (QED) is 0.184. The van der Waals surface area contributed by atoms with Gasteiger partial charge in [0, 0.05) is 12.8 Å². The molecule has 0 spiro atoms. The molecule has 1 fully saturated rings. The van der Waals surface area contributed by atoms with Gasteiger partial charge in [0.1, 0.15) is 11.5 Å². The standard InChI is InChI=1S/C30H40O6/c1-3-28(31)34-21-7-5-4-6-8-23-11-19-27(20-12-23)36-30(33)25-15-13-24(14-16-25)29(32)35-26-17-9-22(2)10-18-26/h9,11-12,17,19-20,24-25H,3-8,10,13-16,18,21H2,1-2H3. The summed E-state index contributed by atoms with van der Waals surface area (Å²) in [5.74, 6) is 0.466. The number of aryl methyl sites for hydroxylation is 1. The number of benzene rings is 1. The number of carbonyl (C=O) groups excluding carboxylic acids is 3. The van der Waals surface area contributed by atoms with Crippen molar-refractivity contribution in [1.29, 1.82) is 0 Å². The van der Waals surface area contributed by atoms with Gasteiger partial charge in [-0.2, -0.15) is 0 Å². The third-order valence-corrected chi connectivity index (χ3v) is 7.00. The molecule has 0 aliphatic heterocycles. The molecule has 0 bridgehead atoms. The van der Waals surface area contributed by atoms with Gasteiger partial charge in [-0.1, -0.05) is 43.5 Å². The summed E-state index contributed by atoms with van der Waals surface area (Å²) < 4.78 is 16.3. The molecule has 0 aromatic heterocycles. The minimum Gasteiger partial charge on any atom is -0.466 e. The van der Waals surface area contributed by atoms with Gasteiger partial charge in [0.25, 0.3) is 0 Å². The normalized spacial score (nSPS) is 19.6. The van der Waals surface area contributed by atoms with Gasteiger partial charge in [0.2, 0.25) is 0 Å². The molecule has 1 aromatic carbocycles. The summed E-state index contributed by atoms with van der Waals surface area (Å²) in [5, 5.41) is 0. The second-order valence-corrected chi connectivity index (χ2v) is 9.92. The fourth-order valence-corrected chi connectivity index (χ4v) is 4.58. The molecule has 196 valence electrons. The van der Waals surface area contributed by atoms with Gasteiger partial charge in [-0.3, -0.25) is 14.4 Å². The molecule has 0 radical (unpaired) electrons. The van der Waals surface area contributed by atoms with E-state index in [1.54, 1.807) is 6.92 Å². The molecule has 0 heterocycles. The lowest BCUT2D eigenvalue weighted by molar-refractivity contribution is -0.148. The summed E-state index contributed by atoms with van der Waals surface area (Å²) in [6.07, 6.45) is 13.7. The molecule has 0 unspecified atom stereocenters. The van der Waals surface area contributed by atoms with Crippen molar-refractivity contribution >= 4 is 17.9 Å². The van der Waals surface area contributed by atoms with Crippen LogP contribution in [0.3, 0.4) is 0 Å². The van der Waals surface area contributed by atoms with Gasteiger partial charge in [0.05, 0.1) is 18.4 Å². The van der Waals surface area contributed by atoms with Gasteiger partial charge in [-0.05, 0) is 82.1 Å². The maximum Gasteiger partial charge on any atom is 0.314 e. The topological polar surface area (TPSA) is 78.9 Å². The van der Waals surface area contributed by atoms with Crippen LogP contribution in [0.5, 0.6) is 5.75 Å². The van der Waals surface area contributed by atoms with Crippen LogP contribution in [0.2, 0.25) is 0 Å². The molecule has 0 amide bonds. The molecule has 0 N–H and O–H groups in total. The van der Waals surface area contributed by atoms with Gasteiger partial charge < -0.3 is 14.2 Å². The van der Waals surface area contributed by atoms with Crippen LogP contribution in [-0.4, -0.2) is 24.5 Å². The lowest BCUT2D eigenvalue weighted by Gasteiger charge is -2.26. The van der Waals surface area contributed by atoms with Crippen molar-refractivity contribution in [3.05, 3.63) is 53.3 Å². The summed E-state index contributed by atoms with van der Waals surface area (Å²) in [7, 11) is 0. The lowest BCUT2D eigenvalue weighted by Crippen LogP contribution is -2.29. The highest BCUT2D eigenvalue weighted by atomic mass is 16.5. The number of unbranched alkanes of at least 4 members (excludes halogenated alkanes) is 3. The van der Waals surface area contributed by atoms with Crippen molar-refractivity contribution < 1.29 is 28.6 Å². The first kappa shape index (κ1) is 27.7. The Balaban J connectivity index is 1.31. The first-order valence-electron chi connectivity index (χ1n) is 13.5. The van der Waals surface area contributed by atoms with Crippen LogP contribution in [0.4, 0.5) is 0 Å². The summed E-state index contributed by atoms with van der Waals surface area (Å²) in [5.41, 5.74) is 2.51. The largest absolute Gasteiger partial charge is 0.466 e. The van der Waals surface area contributed by atoms with Crippen molar-refractivity contribution in [2.45, 2.75) is 90.9 Å². The Bertz CT molecular complexity index is 935. The summed E-state index contributed by atoms with van der Waals surface area (Å²) in [4.78, 5) is 36.3. The van der Waals surface area contributed by atoms with Crippen molar-refractivity contribution in [1.82, 2.24) is 0 Å². The number of allylic oxidation sites excluding steroid dienone is 4. The van der Waals surface area contributed by atoms with Crippen LogP contribution in [0.25, 0.3) is 0 Å².